The van der Waals surface area contributed by atoms with Crippen molar-refractivity contribution < 1.29 is 19.4 Å². The average molecular weight is 327 g/mol. The van der Waals surface area contributed by atoms with Gasteiger partial charge in [0.1, 0.15) is 6.61 Å². The molecule has 1 aromatic carbocycles. The van der Waals surface area contributed by atoms with Gasteiger partial charge >= 0.3 is 0 Å². The zero-order valence-corrected chi connectivity index (χ0v) is 13.0. The third-order valence-electron chi connectivity index (χ3n) is 3.59. The molecular weight excluding hydrogens is 308 g/mol. The molecule has 0 saturated carbocycles. The van der Waals surface area contributed by atoms with Crippen LogP contribution in [0.3, 0.4) is 0 Å². The first-order valence-corrected chi connectivity index (χ1v) is 7.43. The van der Waals surface area contributed by atoms with Crippen LogP contribution in [0.5, 0.6) is 0 Å². The lowest BCUT2D eigenvalue weighted by atomic mass is 9.97. The first-order chi connectivity index (χ1) is 10.5. The number of benzene rings is 1. The quantitative estimate of drug-likeness (QED) is 0.782. The van der Waals surface area contributed by atoms with E-state index in [1.165, 1.54) is 4.90 Å². The highest BCUT2D eigenvalue weighted by molar-refractivity contribution is 6.30. The minimum absolute atomic E-state index is 0.00477. The van der Waals surface area contributed by atoms with Gasteiger partial charge in [0.15, 0.2) is 6.10 Å². The predicted molar refractivity (Wildman–Crippen MR) is 81.4 cm³/mol. The van der Waals surface area contributed by atoms with E-state index in [1.54, 1.807) is 31.3 Å². The average Bonchev–Trinajstić information content (AvgIpc) is 2.51. The number of halogens is 1. The van der Waals surface area contributed by atoms with Gasteiger partial charge in [-0.2, -0.15) is 0 Å². The summed E-state index contributed by atoms with van der Waals surface area (Å²) in [6.07, 6.45) is -0.318. The number of amides is 2. The van der Waals surface area contributed by atoms with E-state index in [9.17, 15) is 9.59 Å². The van der Waals surface area contributed by atoms with Gasteiger partial charge in [-0.15, -0.1) is 0 Å². The number of hydrogen-bond acceptors (Lipinski definition) is 4. The minimum atomic E-state index is -0.789. The van der Waals surface area contributed by atoms with E-state index in [2.05, 4.69) is 5.32 Å². The van der Waals surface area contributed by atoms with Crippen molar-refractivity contribution in [1.29, 1.82) is 0 Å². The van der Waals surface area contributed by atoms with Crippen LogP contribution in [-0.2, 0) is 14.3 Å². The molecule has 1 saturated heterocycles. The summed E-state index contributed by atoms with van der Waals surface area (Å²) < 4.78 is 5.45. The molecule has 0 radical (unpaired) electrons. The molecule has 1 heterocycles. The molecule has 2 atom stereocenters. The molecule has 1 aliphatic rings. The molecule has 120 valence electrons. The molecule has 1 aromatic rings. The summed E-state index contributed by atoms with van der Waals surface area (Å²) in [6.45, 7) is 0.240. The third kappa shape index (κ3) is 3.76. The lowest BCUT2D eigenvalue weighted by Crippen LogP contribution is -2.53. The van der Waals surface area contributed by atoms with Crippen molar-refractivity contribution >= 4 is 23.4 Å². The van der Waals surface area contributed by atoms with Crippen molar-refractivity contribution in [2.45, 2.75) is 18.6 Å². The van der Waals surface area contributed by atoms with Crippen LogP contribution in [0.4, 0.5) is 0 Å². The van der Waals surface area contributed by atoms with Crippen molar-refractivity contribution in [2.75, 3.05) is 26.8 Å². The number of morpholine rings is 1. The standard InChI is InChI=1S/C15H19ClN2O4/c1-18-12(20)9-22-14(15(21)17-7-2-8-19)13(18)10-3-5-11(16)6-4-10/h3-6,13-14,19H,2,7-9H2,1H3,(H,17,21)/t13-,14-/m0/s1. The molecule has 1 fully saturated rings. The van der Waals surface area contributed by atoms with Crippen LogP contribution in [0, 0.1) is 0 Å². The number of ether oxygens (including phenoxy) is 1. The number of rotatable bonds is 5. The molecule has 0 aromatic heterocycles. The van der Waals surface area contributed by atoms with E-state index >= 15 is 0 Å². The van der Waals surface area contributed by atoms with E-state index in [4.69, 9.17) is 21.4 Å². The molecule has 7 heteroatoms. The molecule has 0 aliphatic carbocycles. The Morgan fingerprint density at radius 3 is 2.77 bits per heavy atom. The van der Waals surface area contributed by atoms with Crippen LogP contribution in [-0.4, -0.2) is 54.7 Å². The normalized spacial score (nSPS) is 21.8. The summed E-state index contributed by atoms with van der Waals surface area (Å²) in [6, 6.07) is 6.47. The monoisotopic (exact) mass is 326 g/mol. The van der Waals surface area contributed by atoms with E-state index in [1.807, 2.05) is 0 Å². The molecule has 0 bridgehead atoms. The Balaban J connectivity index is 2.20. The van der Waals surface area contributed by atoms with Gasteiger partial charge in [0.05, 0.1) is 6.04 Å². The van der Waals surface area contributed by atoms with Crippen molar-refractivity contribution in [1.82, 2.24) is 10.2 Å². The van der Waals surface area contributed by atoms with E-state index in [-0.39, 0.29) is 25.0 Å². The van der Waals surface area contributed by atoms with Gasteiger partial charge in [-0.3, -0.25) is 9.59 Å². The molecule has 2 amide bonds. The van der Waals surface area contributed by atoms with Gasteiger partial charge in [-0.05, 0) is 24.1 Å². The largest absolute Gasteiger partial charge is 0.396 e. The van der Waals surface area contributed by atoms with Crippen molar-refractivity contribution in [2.24, 2.45) is 0 Å². The predicted octanol–water partition coefficient (Wildman–Crippen LogP) is 0.737. The maximum absolute atomic E-state index is 12.3. The summed E-state index contributed by atoms with van der Waals surface area (Å²) in [7, 11) is 1.65. The molecule has 0 spiro atoms. The van der Waals surface area contributed by atoms with Crippen molar-refractivity contribution in [3.8, 4) is 0 Å². The summed E-state index contributed by atoms with van der Waals surface area (Å²) in [5.74, 6) is -0.480. The second kappa shape index (κ2) is 7.58. The first kappa shape index (κ1) is 16.7. The summed E-state index contributed by atoms with van der Waals surface area (Å²) in [5.41, 5.74) is 0.780. The SMILES string of the molecule is CN1C(=O)CO[C@H](C(=O)NCCCO)[C@@H]1c1ccc(Cl)cc1. The van der Waals surface area contributed by atoms with Crippen LogP contribution < -0.4 is 5.32 Å². The fourth-order valence-electron chi connectivity index (χ4n) is 2.38. The smallest absolute Gasteiger partial charge is 0.251 e. The Hall–Kier alpha value is -1.63. The minimum Gasteiger partial charge on any atom is -0.396 e. The van der Waals surface area contributed by atoms with Gasteiger partial charge in [0.2, 0.25) is 5.91 Å². The van der Waals surface area contributed by atoms with Crippen LogP contribution in [0.25, 0.3) is 0 Å². The third-order valence-corrected chi connectivity index (χ3v) is 3.84. The lowest BCUT2D eigenvalue weighted by molar-refractivity contribution is -0.162. The molecule has 1 aliphatic heterocycles. The van der Waals surface area contributed by atoms with Crippen LogP contribution in [0.1, 0.15) is 18.0 Å². The van der Waals surface area contributed by atoms with Crippen LogP contribution >= 0.6 is 11.6 Å². The van der Waals surface area contributed by atoms with Gasteiger partial charge in [0, 0.05) is 25.2 Å². The Morgan fingerprint density at radius 1 is 1.45 bits per heavy atom. The fourth-order valence-corrected chi connectivity index (χ4v) is 2.51. The topological polar surface area (TPSA) is 78.9 Å². The first-order valence-electron chi connectivity index (χ1n) is 7.06. The zero-order valence-electron chi connectivity index (χ0n) is 12.3. The second-order valence-electron chi connectivity index (χ2n) is 5.10. The van der Waals surface area contributed by atoms with Crippen LogP contribution in [0.2, 0.25) is 5.02 Å². The molecule has 6 nitrogen and oxygen atoms in total. The summed E-state index contributed by atoms with van der Waals surface area (Å²) in [5, 5.41) is 12.1. The highest BCUT2D eigenvalue weighted by atomic mass is 35.5. The van der Waals surface area contributed by atoms with E-state index in [0.29, 0.717) is 18.0 Å². The highest BCUT2D eigenvalue weighted by Gasteiger charge is 2.39. The number of carbonyl (C=O) groups is 2. The number of hydrogen-bond donors (Lipinski definition) is 2. The second-order valence-corrected chi connectivity index (χ2v) is 5.54. The van der Waals surface area contributed by atoms with Gasteiger partial charge in [0.25, 0.3) is 5.91 Å². The maximum atomic E-state index is 12.3. The zero-order chi connectivity index (χ0) is 16.1. The molecule has 2 N–H and O–H groups in total. The number of carbonyl (C=O) groups excluding carboxylic acids is 2. The Kier molecular flexibility index (Phi) is 5.76. The van der Waals surface area contributed by atoms with Gasteiger partial charge in [-0.25, -0.2) is 0 Å². The maximum Gasteiger partial charge on any atom is 0.251 e. The Bertz CT molecular complexity index is 535. The van der Waals surface area contributed by atoms with Crippen LogP contribution in [0.15, 0.2) is 24.3 Å². The number of likely N-dealkylation sites (N-methyl/N-ethyl adjacent to an activating group) is 1. The number of aliphatic hydroxyl groups is 1. The molecule has 0 unspecified atom stereocenters. The van der Waals surface area contributed by atoms with Crippen molar-refractivity contribution in [3.63, 3.8) is 0 Å². The molecule has 2 rings (SSSR count). The summed E-state index contributed by atoms with van der Waals surface area (Å²) >= 11 is 5.88. The number of nitrogens with one attached hydrogen (secondary N) is 1. The Labute approximate surface area is 134 Å². The van der Waals surface area contributed by atoms with E-state index < -0.39 is 12.1 Å². The molecular formula is C15H19ClN2O4. The number of nitrogens with zero attached hydrogens (tertiary/aromatic N) is 1. The van der Waals surface area contributed by atoms with Gasteiger partial charge in [-0.1, -0.05) is 23.7 Å². The lowest BCUT2D eigenvalue weighted by Gasteiger charge is -2.38. The number of aliphatic hydroxyl groups excluding tert-OH is 1. The highest BCUT2D eigenvalue weighted by Crippen LogP contribution is 2.29. The molecule has 22 heavy (non-hydrogen) atoms. The van der Waals surface area contributed by atoms with Crippen molar-refractivity contribution in [3.05, 3.63) is 34.9 Å². The Morgan fingerprint density at radius 2 is 2.14 bits per heavy atom. The fraction of sp³-hybridized carbons (Fsp3) is 0.467. The van der Waals surface area contributed by atoms with E-state index in [0.717, 1.165) is 5.56 Å². The summed E-state index contributed by atoms with van der Waals surface area (Å²) in [4.78, 5) is 25.7. The van der Waals surface area contributed by atoms with Gasteiger partial charge < -0.3 is 20.1 Å².